The predicted octanol–water partition coefficient (Wildman–Crippen LogP) is 4.03. The van der Waals surface area contributed by atoms with E-state index in [0.29, 0.717) is 11.3 Å². The third-order valence-electron chi connectivity index (χ3n) is 5.13. The Morgan fingerprint density at radius 2 is 1.94 bits per heavy atom. The molecule has 1 N–H and O–H groups in total. The summed E-state index contributed by atoms with van der Waals surface area (Å²) in [6.45, 7) is 5.89. The van der Waals surface area contributed by atoms with Crippen molar-refractivity contribution in [1.29, 1.82) is 0 Å². The maximum atomic E-state index is 12.4. The number of carbonyl (C=O) groups excluding carboxylic acids is 2. The molecule has 31 heavy (non-hydrogen) atoms. The highest BCUT2D eigenvalue weighted by molar-refractivity contribution is 7.13. The third-order valence-corrected chi connectivity index (χ3v) is 6.07. The lowest BCUT2D eigenvalue weighted by molar-refractivity contribution is -0.115. The summed E-state index contributed by atoms with van der Waals surface area (Å²) in [7, 11) is 0. The molecule has 4 rings (SSSR count). The molecule has 0 saturated carbocycles. The summed E-state index contributed by atoms with van der Waals surface area (Å²) < 4.78 is 5.42. The summed E-state index contributed by atoms with van der Waals surface area (Å²) in [4.78, 5) is 31.0. The molecule has 6 nitrogen and oxygen atoms in total. The van der Waals surface area contributed by atoms with Crippen LogP contribution in [-0.4, -0.2) is 47.9 Å². The molecule has 1 saturated heterocycles. The zero-order valence-electron chi connectivity index (χ0n) is 17.5. The number of nitrogens with one attached hydrogen (secondary N) is 1. The minimum atomic E-state index is -0.154. The number of thiazole rings is 1. The first-order chi connectivity index (χ1) is 15.1. The van der Waals surface area contributed by atoms with Crippen molar-refractivity contribution >= 4 is 28.7 Å². The van der Waals surface area contributed by atoms with Crippen LogP contribution >= 0.6 is 11.3 Å². The fourth-order valence-corrected chi connectivity index (χ4v) is 4.34. The van der Waals surface area contributed by atoms with Crippen LogP contribution in [0, 0.1) is 0 Å². The average Bonchev–Trinajstić information content (AvgIpc) is 3.23. The van der Waals surface area contributed by atoms with E-state index in [-0.39, 0.29) is 18.1 Å². The van der Waals surface area contributed by atoms with Crippen molar-refractivity contribution in [3.63, 3.8) is 0 Å². The number of hydrogen-bond donors (Lipinski definition) is 1. The molecule has 0 unspecified atom stereocenters. The maximum absolute atomic E-state index is 12.4. The monoisotopic (exact) mass is 435 g/mol. The predicted molar refractivity (Wildman–Crippen MR) is 122 cm³/mol. The SMILES string of the molecule is CC(=O)c1cccc(NC(=O)Cc2csc(-c3cccc(CN4CCOCC4)c3)n2)c1. The number of aromatic nitrogens is 1. The average molecular weight is 436 g/mol. The van der Waals surface area contributed by atoms with E-state index in [2.05, 4.69) is 39.5 Å². The number of ether oxygens (including phenoxy) is 1. The van der Waals surface area contributed by atoms with Gasteiger partial charge in [-0.15, -0.1) is 11.3 Å². The van der Waals surface area contributed by atoms with Crippen LogP contribution in [0.1, 0.15) is 28.5 Å². The van der Waals surface area contributed by atoms with E-state index in [4.69, 9.17) is 4.74 Å². The molecule has 1 amide bonds. The zero-order valence-corrected chi connectivity index (χ0v) is 18.3. The van der Waals surface area contributed by atoms with Crippen molar-refractivity contribution in [2.75, 3.05) is 31.6 Å². The number of rotatable bonds is 7. The lowest BCUT2D eigenvalue weighted by Gasteiger charge is -2.26. The van der Waals surface area contributed by atoms with Gasteiger partial charge in [-0.1, -0.05) is 30.3 Å². The van der Waals surface area contributed by atoms with E-state index in [9.17, 15) is 9.59 Å². The summed E-state index contributed by atoms with van der Waals surface area (Å²) in [5.41, 5.74) is 4.24. The van der Waals surface area contributed by atoms with E-state index < -0.39 is 0 Å². The molecule has 1 aliphatic heterocycles. The van der Waals surface area contributed by atoms with Crippen LogP contribution in [0.3, 0.4) is 0 Å². The highest BCUT2D eigenvalue weighted by Crippen LogP contribution is 2.25. The first kappa shape index (κ1) is 21.4. The maximum Gasteiger partial charge on any atom is 0.230 e. The van der Waals surface area contributed by atoms with Gasteiger partial charge in [-0.3, -0.25) is 14.5 Å². The Morgan fingerprint density at radius 3 is 2.74 bits per heavy atom. The Morgan fingerprint density at radius 1 is 1.13 bits per heavy atom. The smallest absolute Gasteiger partial charge is 0.230 e. The van der Waals surface area contributed by atoms with Crippen LogP contribution < -0.4 is 5.32 Å². The summed E-state index contributed by atoms with van der Waals surface area (Å²) in [5, 5.41) is 5.68. The highest BCUT2D eigenvalue weighted by atomic mass is 32.1. The number of carbonyl (C=O) groups is 2. The molecular weight excluding hydrogens is 410 g/mol. The van der Waals surface area contributed by atoms with Crippen molar-refractivity contribution in [2.45, 2.75) is 19.9 Å². The lowest BCUT2D eigenvalue weighted by atomic mass is 10.1. The first-order valence-electron chi connectivity index (χ1n) is 10.3. The molecule has 0 spiro atoms. The minimum Gasteiger partial charge on any atom is -0.379 e. The van der Waals surface area contributed by atoms with Gasteiger partial charge in [0.05, 0.1) is 25.3 Å². The molecule has 7 heteroatoms. The molecule has 0 atom stereocenters. The van der Waals surface area contributed by atoms with Crippen LogP contribution in [-0.2, 0) is 22.5 Å². The molecule has 1 fully saturated rings. The molecule has 1 aromatic heterocycles. The van der Waals surface area contributed by atoms with E-state index in [1.807, 2.05) is 5.38 Å². The molecular formula is C24H25N3O3S. The van der Waals surface area contributed by atoms with Gasteiger partial charge in [-0.05, 0) is 30.7 Å². The van der Waals surface area contributed by atoms with E-state index in [0.717, 1.165) is 49.1 Å². The van der Waals surface area contributed by atoms with E-state index >= 15 is 0 Å². The van der Waals surface area contributed by atoms with Crippen molar-refractivity contribution in [3.8, 4) is 10.6 Å². The van der Waals surface area contributed by atoms with Crippen LogP contribution in [0.15, 0.2) is 53.9 Å². The van der Waals surface area contributed by atoms with Gasteiger partial charge in [0.15, 0.2) is 5.78 Å². The topological polar surface area (TPSA) is 71.5 Å². The van der Waals surface area contributed by atoms with Gasteiger partial charge in [-0.25, -0.2) is 4.98 Å². The van der Waals surface area contributed by atoms with Crippen LogP contribution in [0.25, 0.3) is 10.6 Å². The third kappa shape index (κ3) is 5.85. The molecule has 0 bridgehead atoms. The minimum absolute atomic E-state index is 0.0314. The van der Waals surface area contributed by atoms with Gasteiger partial charge < -0.3 is 10.1 Å². The Bertz CT molecular complexity index is 1070. The first-order valence-corrected chi connectivity index (χ1v) is 11.2. The highest BCUT2D eigenvalue weighted by Gasteiger charge is 2.13. The van der Waals surface area contributed by atoms with Gasteiger partial charge in [0.25, 0.3) is 0 Å². The second-order valence-corrected chi connectivity index (χ2v) is 8.45. The molecule has 0 radical (unpaired) electrons. The van der Waals surface area contributed by atoms with Crippen molar-refractivity contribution < 1.29 is 14.3 Å². The summed E-state index contributed by atoms with van der Waals surface area (Å²) in [5.74, 6) is -0.185. The fraction of sp³-hybridized carbons (Fsp3) is 0.292. The zero-order chi connectivity index (χ0) is 21.6. The number of ketones is 1. The van der Waals surface area contributed by atoms with Gasteiger partial charge in [0.1, 0.15) is 5.01 Å². The van der Waals surface area contributed by atoms with Gasteiger partial charge in [0, 0.05) is 41.8 Å². The Balaban J connectivity index is 1.39. The normalized spacial score (nSPS) is 14.4. The number of Topliss-reactive ketones (excluding diaryl/α,β-unsaturated/α-hetero) is 1. The number of nitrogens with zero attached hydrogens (tertiary/aromatic N) is 2. The van der Waals surface area contributed by atoms with E-state index in [1.165, 1.54) is 12.5 Å². The largest absolute Gasteiger partial charge is 0.379 e. The van der Waals surface area contributed by atoms with Crippen molar-refractivity contribution in [1.82, 2.24) is 9.88 Å². The van der Waals surface area contributed by atoms with Gasteiger partial charge >= 0.3 is 0 Å². The molecule has 0 aliphatic carbocycles. The quantitative estimate of drug-likeness (QED) is 0.568. The molecule has 160 valence electrons. The number of morpholine rings is 1. The Labute approximate surface area is 185 Å². The van der Waals surface area contributed by atoms with Crippen molar-refractivity contribution in [2.24, 2.45) is 0 Å². The molecule has 2 heterocycles. The molecule has 3 aromatic rings. The summed E-state index contributed by atoms with van der Waals surface area (Å²) >= 11 is 1.54. The van der Waals surface area contributed by atoms with Gasteiger partial charge in [-0.2, -0.15) is 0 Å². The number of amides is 1. The van der Waals surface area contributed by atoms with Gasteiger partial charge in [0.2, 0.25) is 5.91 Å². The van der Waals surface area contributed by atoms with E-state index in [1.54, 1.807) is 35.6 Å². The number of hydrogen-bond acceptors (Lipinski definition) is 6. The standard InChI is InChI=1S/C24H25N3O3S/c1-17(28)19-5-3-7-21(13-19)25-23(29)14-22-16-31-24(26-22)20-6-2-4-18(12-20)15-27-8-10-30-11-9-27/h2-7,12-13,16H,8-11,14-15H2,1H3,(H,25,29). The van der Waals surface area contributed by atoms with Crippen LogP contribution in [0.4, 0.5) is 5.69 Å². The summed E-state index contributed by atoms with van der Waals surface area (Å²) in [6, 6.07) is 15.4. The summed E-state index contributed by atoms with van der Waals surface area (Å²) in [6.07, 6.45) is 0.189. The number of anilines is 1. The molecule has 2 aromatic carbocycles. The fourth-order valence-electron chi connectivity index (χ4n) is 3.53. The molecule has 1 aliphatic rings. The second kappa shape index (κ2) is 9.96. The van der Waals surface area contributed by atoms with Crippen LogP contribution in [0.2, 0.25) is 0 Å². The Kier molecular flexibility index (Phi) is 6.86. The lowest BCUT2D eigenvalue weighted by Crippen LogP contribution is -2.35. The Hall–Kier alpha value is -2.87. The van der Waals surface area contributed by atoms with Crippen LogP contribution in [0.5, 0.6) is 0 Å². The van der Waals surface area contributed by atoms with Crippen molar-refractivity contribution in [3.05, 3.63) is 70.7 Å². The number of benzene rings is 2. The second-order valence-electron chi connectivity index (χ2n) is 7.59.